The number of nitrogens with one attached hydrogen (secondary N) is 3. The van der Waals surface area contributed by atoms with E-state index in [1.807, 2.05) is 26.0 Å². The Bertz CT molecular complexity index is 491. The summed E-state index contributed by atoms with van der Waals surface area (Å²) in [7, 11) is 0. The van der Waals surface area contributed by atoms with Gasteiger partial charge in [-0.1, -0.05) is 22.9 Å². The van der Waals surface area contributed by atoms with Gasteiger partial charge < -0.3 is 16.0 Å². The number of amides is 3. The zero-order valence-electron chi connectivity index (χ0n) is 11.9. The molecule has 0 unspecified atom stereocenters. The van der Waals surface area contributed by atoms with Gasteiger partial charge in [-0.15, -0.1) is 0 Å². The van der Waals surface area contributed by atoms with Crippen LogP contribution in [0.25, 0.3) is 0 Å². The molecule has 0 spiro atoms. The van der Waals surface area contributed by atoms with Crippen LogP contribution < -0.4 is 16.0 Å². The first-order valence-corrected chi connectivity index (χ1v) is 7.34. The second kappa shape index (κ2) is 7.89. The highest BCUT2D eigenvalue weighted by Gasteiger charge is 2.14. The molecule has 5 nitrogen and oxygen atoms in total. The topological polar surface area (TPSA) is 70.2 Å². The van der Waals surface area contributed by atoms with Crippen LogP contribution in [0.2, 0.25) is 0 Å². The van der Waals surface area contributed by atoms with E-state index in [1.165, 1.54) is 0 Å². The molecule has 0 heterocycles. The van der Waals surface area contributed by atoms with Crippen LogP contribution in [0.5, 0.6) is 0 Å². The molecule has 1 rings (SSSR count). The summed E-state index contributed by atoms with van der Waals surface area (Å²) in [4.78, 5) is 23.4. The first-order chi connectivity index (χ1) is 9.43. The molecule has 6 heteroatoms. The Morgan fingerprint density at radius 1 is 1.35 bits per heavy atom. The lowest BCUT2D eigenvalue weighted by Crippen LogP contribution is -2.46. The van der Waals surface area contributed by atoms with E-state index in [2.05, 4.69) is 31.9 Å². The summed E-state index contributed by atoms with van der Waals surface area (Å²) in [5.41, 5.74) is 1.71. The Morgan fingerprint density at radius 3 is 2.65 bits per heavy atom. The molecule has 0 aliphatic carbocycles. The molecule has 0 fully saturated rings. The lowest BCUT2D eigenvalue weighted by atomic mass is 10.2. The maximum atomic E-state index is 11.8. The van der Waals surface area contributed by atoms with Gasteiger partial charge in [-0.05, 0) is 44.0 Å². The lowest BCUT2D eigenvalue weighted by Gasteiger charge is -2.14. The van der Waals surface area contributed by atoms with Crippen molar-refractivity contribution in [3.8, 4) is 0 Å². The highest BCUT2D eigenvalue weighted by molar-refractivity contribution is 9.10. The molecule has 3 amide bonds. The van der Waals surface area contributed by atoms with E-state index in [0.29, 0.717) is 12.2 Å². The van der Waals surface area contributed by atoms with Crippen molar-refractivity contribution < 1.29 is 9.59 Å². The molecule has 0 radical (unpaired) electrons. The predicted octanol–water partition coefficient (Wildman–Crippen LogP) is 2.79. The van der Waals surface area contributed by atoms with Gasteiger partial charge in [0, 0.05) is 16.7 Å². The Morgan fingerprint density at radius 2 is 2.05 bits per heavy atom. The number of hydrogen-bond acceptors (Lipinski definition) is 2. The predicted molar refractivity (Wildman–Crippen MR) is 83.8 cm³/mol. The Labute approximate surface area is 127 Å². The summed E-state index contributed by atoms with van der Waals surface area (Å²) in [6.07, 6.45) is 0.864. The zero-order valence-corrected chi connectivity index (χ0v) is 13.5. The Kier molecular flexibility index (Phi) is 6.51. The number of halogens is 1. The number of carbonyl (C=O) groups excluding carboxylic acids is 2. The van der Waals surface area contributed by atoms with Crippen molar-refractivity contribution in [1.82, 2.24) is 10.6 Å². The Balaban J connectivity index is 2.50. The minimum Gasteiger partial charge on any atom is -0.354 e. The molecule has 1 aromatic rings. The molecule has 110 valence electrons. The van der Waals surface area contributed by atoms with Crippen LogP contribution >= 0.6 is 15.9 Å². The van der Waals surface area contributed by atoms with Crippen LogP contribution in [0.4, 0.5) is 10.5 Å². The summed E-state index contributed by atoms with van der Waals surface area (Å²) in [5.74, 6) is -0.186. The number of carbonyl (C=O) groups is 2. The quantitative estimate of drug-likeness (QED) is 0.770. The molecule has 0 aliphatic heterocycles. The van der Waals surface area contributed by atoms with Crippen LogP contribution in [-0.2, 0) is 4.79 Å². The van der Waals surface area contributed by atoms with E-state index in [0.717, 1.165) is 16.5 Å². The molecule has 1 aromatic carbocycles. The summed E-state index contributed by atoms with van der Waals surface area (Å²) in [6, 6.07) is 4.54. The average Bonchev–Trinajstić information content (AvgIpc) is 2.40. The fourth-order valence-corrected chi connectivity index (χ4v) is 1.80. The minimum absolute atomic E-state index is 0.186. The van der Waals surface area contributed by atoms with E-state index in [9.17, 15) is 9.59 Å². The minimum atomic E-state index is -0.571. The van der Waals surface area contributed by atoms with Gasteiger partial charge in [0.05, 0.1) is 0 Å². The van der Waals surface area contributed by atoms with Crippen LogP contribution in [-0.4, -0.2) is 24.5 Å². The van der Waals surface area contributed by atoms with Crippen molar-refractivity contribution in [2.45, 2.75) is 33.2 Å². The highest BCUT2D eigenvalue weighted by Crippen LogP contribution is 2.19. The largest absolute Gasteiger partial charge is 0.354 e. The van der Waals surface area contributed by atoms with Gasteiger partial charge in [-0.2, -0.15) is 0 Å². The van der Waals surface area contributed by atoms with Gasteiger partial charge >= 0.3 is 6.03 Å². The molecular weight excluding hydrogens is 322 g/mol. The van der Waals surface area contributed by atoms with Crippen molar-refractivity contribution in [3.05, 3.63) is 28.2 Å². The van der Waals surface area contributed by atoms with Gasteiger partial charge in [-0.25, -0.2) is 4.79 Å². The van der Waals surface area contributed by atoms with Crippen LogP contribution in [0, 0.1) is 6.92 Å². The summed E-state index contributed by atoms with van der Waals surface area (Å²) < 4.78 is 0.982. The van der Waals surface area contributed by atoms with Crippen LogP contribution in [0.1, 0.15) is 25.8 Å². The molecular formula is C14H20BrN3O2. The Hall–Kier alpha value is -1.56. The van der Waals surface area contributed by atoms with Gasteiger partial charge in [0.2, 0.25) is 5.91 Å². The number of aryl methyl sites for hydroxylation is 1. The van der Waals surface area contributed by atoms with Crippen molar-refractivity contribution in [3.63, 3.8) is 0 Å². The maximum Gasteiger partial charge on any atom is 0.319 e. The molecule has 0 aromatic heterocycles. The standard InChI is InChI=1S/C14H20BrN3O2/c1-4-7-16-13(19)10(3)17-14(20)18-11-5-6-12(15)9(2)8-11/h5-6,8,10H,4,7H2,1-3H3,(H,16,19)(H2,17,18,20)/t10-/m0/s1. The fraction of sp³-hybridized carbons (Fsp3) is 0.429. The number of rotatable bonds is 5. The molecule has 1 atom stereocenters. The van der Waals surface area contributed by atoms with E-state index >= 15 is 0 Å². The third-order valence-corrected chi connectivity index (χ3v) is 3.60. The van der Waals surface area contributed by atoms with Crippen molar-refractivity contribution in [2.75, 3.05) is 11.9 Å². The summed E-state index contributed by atoms with van der Waals surface area (Å²) >= 11 is 3.40. The number of anilines is 1. The fourth-order valence-electron chi connectivity index (χ4n) is 1.55. The van der Waals surface area contributed by atoms with Crippen molar-refractivity contribution in [2.24, 2.45) is 0 Å². The first-order valence-electron chi connectivity index (χ1n) is 6.55. The molecule has 0 saturated heterocycles. The monoisotopic (exact) mass is 341 g/mol. The highest BCUT2D eigenvalue weighted by atomic mass is 79.9. The molecule has 0 aliphatic rings. The third-order valence-electron chi connectivity index (χ3n) is 2.71. The zero-order chi connectivity index (χ0) is 15.1. The van der Waals surface area contributed by atoms with Crippen molar-refractivity contribution in [1.29, 1.82) is 0 Å². The summed E-state index contributed by atoms with van der Waals surface area (Å²) in [5, 5.41) is 8.03. The van der Waals surface area contributed by atoms with E-state index in [4.69, 9.17) is 0 Å². The number of urea groups is 1. The first kappa shape index (κ1) is 16.5. The van der Waals surface area contributed by atoms with E-state index in [1.54, 1.807) is 13.0 Å². The maximum absolute atomic E-state index is 11.8. The smallest absolute Gasteiger partial charge is 0.319 e. The molecule has 0 bridgehead atoms. The lowest BCUT2D eigenvalue weighted by molar-refractivity contribution is -0.122. The van der Waals surface area contributed by atoms with E-state index < -0.39 is 12.1 Å². The van der Waals surface area contributed by atoms with Crippen LogP contribution in [0.15, 0.2) is 22.7 Å². The van der Waals surface area contributed by atoms with Crippen molar-refractivity contribution >= 4 is 33.6 Å². The molecule has 20 heavy (non-hydrogen) atoms. The summed E-state index contributed by atoms with van der Waals surface area (Å²) in [6.45, 7) is 6.17. The van der Waals surface area contributed by atoms with Gasteiger partial charge in [-0.3, -0.25) is 4.79 Å². The second-order valence-corrected chi connectivity index (χ2v) is 5.43. The van der Waals surface area contributed by atoms with Gasteiger partial charge in [0.25, 0.3) is 0 Å². The molecule has 3 N–H and O–H groups in total. The number of benzene rings is 1. The van der Waals surface area contributed by atoms with Gasteiger partial charge in [0.1, 0.15) is 6.04 Å². The SMILES string of the molecule is CCCNC(=O)[C@H](C)NC(=O)Nc1ccc(Br)c(C)c1. The van der Waals surface area contributed by atoms with Crippen LogP contribution in [0.3, 0.4) is 0 Å². The second-order valence-electron chi connectivity index (χ2n) is 4.58. The normalized spacial score (nSPS) is 11.6. The van der Waals surface area contributed by atoms with E-state index in [-0.39, 0.29) is 5.91 Å². The van der Waals surface area contributed by atoms with Gasteiger partial charge in [0.15, 0.2) is 0 Å². The third kappa shape index (κ3) is 5.21. The average molecular weight is 342 g/mol. The molecule has 0 saturated carbocycles. The number of hydrogen-bond donors (Lipinski definition) is 3.